The van der Waals surface area contributed by atoms with Crippen LogP contribution in [0.2, 0.25) is 5.02 Å². The molecule has 2 aliphatic rings. The molecule has 8 nitrogen and oxygen atoms in total. The van der Waals surface area contributed by atoms with Crippen molar-refractivity contribution in [1.29, 1.82) is 0 Å². The maximum atomic E-state index is 12.8. The number of aliphatic imine (C=N–C) groups is 1. The van der Waals surface area contributed by atoms with Crippen LogP contribution in [0.3, 0.4) is 0 Å². The Bertz CT molecular complexity index is 1410. The van der Waals surface area contributed by atoms with Crippen LogP contribution in [0.1, 0.15) is 30.0 Å². The minimum atomic E-state index is -0.636. The van der Waals surface area contributed by atoms with E-state index in [-0.39, 0.29) is 24.3 Å². The molecular formula is C28H25ClN4O4S. The van der Waals surface area contributed by atoms with Gasteiger partial charge in [0.1, 0.15) is 16.7 Å². The molecule has 3 aromatic rings. The molecule has 0 aromatic heterocycles. The number of nitrogens with zero attached hydrogens (tertiary/aromatic N) is 3. The zero-order valence-electron chi connectivity index (χ0n) is 20.8. The van der Waals surface area contributed by atoms with E-state index >= 15 is 0 Å². The van der Waals surface area contributed by atoms with E-state index in [9.17, 15) is 9.59 Å². The first-order valence-corrected chi connectivity index (χ1v) is 13.2. The summed E-state index contributed by atoms with van der Waals surface area (Å²) in [5.74, 6) is 0.824. The highest BCUT2D eigenvalue weighted by Gasteiger charge is 2.39. The van der Waals surface area contributed by atoms with Crippen molar-refractivity contribution in [2.45, 2.75) is 24.1 Å². The second-order valence-electron chi connectivity index (χ2n) is 8.71. The van der Waals surface area contributed by atoms with E-state index in [4.69, 9.17) is 26.2 Å². The van der Waals surface area contributed by atoms with Crippen LogP contribution in [0.5, 0.6) is 11.5 Å². The van der Waals surface area contributed by atoms with Crippen molar-refractivity contribution in [3.05, 3.63) is 88.9 Å². The normalized spacial score (nSPS) is 18.7. The van der Waals surface area contributed by atoms with Crippen molar-refractivity contribution in [1.82, 2.24) is 5.01 Å². The Morgan fingerprint density at radius 2 is 1.74 bits per heavy atom. The van der Waals surface area contributed by atoms with Gasteiger partial charge in [-0.3, -0.25) is 9.59 Å². The van der Waals surface area contributed by atoms with Crippen molar-refractivity contribution >= 4 is 51.7 Å². The fraction of sp³-hybridized carbons (Fsp3) is 0.214. The molecule has 0 saturated heterocycles. The number of hydrogen-bond acceptors (Lipinski definition) is 7. The lowest BCUT2D eigenvalue weighted by molar-refractivity contribution is -0.121. The largest absolute Gasteiger partial charge is 0.497 e. The first-order valence-electron chi connectivity index (χ1n) is 11.9. The Balaban J connectivity index is 1.33. The number of hydrogen-bond donors (Lipinski definition) is 1. The topological polar surface area (TPSA) is 92.6 Å². The number of carbonyl (C=O) groups excluding carboxylic acids is 2. The van der Waals surface area contributed by atoms with Crippen LogP contribution in [-0.4, -0.2) is 47.2 Å². The van der Waals surface area contributed by atoms with Gasteiger partial charge in [-0.2, -0.15) is 10.1 Å². The highest BCUT2D eigenvalue weighted by atomic mass is 35.5. The fourth-order valence-electron chi connectivity index (χ4n) is 4.28. The van der Waals surface area contributed by atoms with Crippen molar-refractivity contribution < 1.29 is 19.1 Å². The number of methoxy groups -OCH3 is 2. The number of rotatable bonds is 7. The fourth-order valence-corrected chi connectivity index (χ4v) is 5.54. The molecule has 194 valence electrons. The number of halogens is 1. The van der Waals surface area contributed by atoms with E-state index in [0.717, 1.165) is 22.6 Å². The molecule has 38 heavy (non-hydrogen) atoms. The van der Waals surface area contributed by atoms with Crippen molar-refractivity contribution in [3.8, 4) is 11.5 Å². The van der Waals surface area contributed by atoms with Crippen LogP contribution >= 0.6 is 23.4 Å². The maximum Gasteiger partial charge on any atom is 0.262 e. The third-order valence-corrected chi connectivity index (χ3v) is 7.61. The van der Waals surface area contributed by atoms with Gasteiger partial charge in [0.15, 0.2) is 5.17 Å². The maximum absolute atomic E-state index is 12.8. The lowest BCUT2D eigenvalue weighted by atomic mass is 9.98. The van der Waals surface area contributed by atoms with Gasteiger partial charge in [-0.15, -0.1) is 0 Å². The molecule has 2 amide bonds. The first-order chi connectivity index (χ1) is 18.4. The van der Waals surface area contributed by atoms with Gasteiger partial charge in [0.2, 0.25) is 5.91 Å². The molecule has 0 unspecified atom stereocenters. The first kappa shape index (κ1) is 25.8. The number of amides is 2. The summed E-state index contributed by atoms with van der Waals surface area (Å²) in [4.78, 5) is 29.8. The van der Waals surface area contributed by atoms with Crippen LogP contribution in [0.15, 0.2) is 82.9 Å². The average molecular weight is 549 g/mol. The average Bonchev–Trinajstić information content (AvgIpc) is 3.53. The summed E-state index contributed by atoms with van der Waals surface area (Å²) in [6, 6.07) is 22.1. The standard InChI is InChI=1S/C28H25ClN4O4S/c1-36-21-10-6-17(7-11-21)23-15-24(18-4-3-5-19(29)14-18)33(32-23)28-31-27(35)25(38-28)16-26(34)30-20-8-12-22(37-2)13-9-20/h3-14,24-25H,15-16H2,1-2H3,(H,30,34)/t24-,25-/m0/s1. The predicted molar refractivity (Wildman–Crippen MR) is 150 cm³/mol. The molecule has 10 heteroatoms. The summed E-state index contributed by atoms with van der Waals surface area (Å²) in [5.41, 5.74) is 3.39. The van der Waals surface area contributed by atoms with Gasteiger partial charge in [-0.05, 0) is 71.8 Å². The molecule has 2 atom stereocenters. The summed E-state index contributed by atoms with van der Waals surface area (Å²) in [6.45, 7) is 0. The molecule has 2 aliphatic heterocycles. The second-order valence-corrected chi connectivity index (χ2v) is 10.3. The smallest absolute Gasteiger partial charge is 0.262 e. The van der Waals surface area contributed by atoms with Crippen molar-refractivity contribution in [3.63, 3.8) is 0 Å². The molecule has 0 bridgehead atoms. The highest BCUT2D eigenvalue weighted by Crippen LogP contribution is 2.39. The summed E-state index contributed by atoms with van der Waals surface area (Å²) in [5, 5.41) is 9.91. The number of hydrazone groups is 1. The van der Waals surface area contributed by atoms with Crippen LogP contribution in [0, 0.1) is 0 Å². The highest BCUT2D eigenvalue weighted by molar-refractivity contribution is 8.15. The van der Waals surface area contributed by atoms with Gasteiger partial charge in [-0.1, -0.05) is 35.5 Å². The lowest BCUT2D eigenvalue weighted by Crippen LogP contribution is -2.25. The molecule has 0 fully saturated rings. The van der Waals surface area contributed by atoms with Crippen LogP contribution < -0.4 is 14.8 Å². The number of carbonyl (C=O) groups is 2. The number of anilines is 1. The number of amidine groups is 1. The quantitative estimate of drug-likeness (QED) is 0.417. The third-order valence-electron chi connectivity index (χ3n) is 6.24. The molecule has 0 aliphatic carbocycles. The second kappa shape index (κ2) is 11.3. The van der Waals surface area contributed by atoms with Crippen LogP contribution in [-0.2, 0) is 9.59 Å². The van der Waals surface area contributed by atoms with E-state index in [1.807, 2.05) is 48.5 Å². The summed E-state index contributed by atoms with van der Waals surface area (Å²) >= 11 is 7.55. The monoisotopic (exact) mass is 548 g/mol. The molecule has 1 N–H and O–H groups in total. The Morgan fingerprint density at radius 1 is 1.05 bits per heavy atom. The summed E-state index contributed by atoms with van der Waals surface area (Å²) in [7, 11) is 3.20. The van der Waals surface area contributed by atoms with Crippen LogP contribution in [0.4, 0.5) is 5.69 Å². The van der Waals surface area contributed by atoms with Gasteiger partial charge >= 0.3 is 0 Å². The van der Waals surface area contributed by atoms with Gasteiger partial charge in [0, 0.05) is 23.6 Å². The van der Waals surface area contributed by atoms with E-state index < -0.39 is 5.25 Å². The van der Waals surface area contributed by atoms with Gasteiger partial charge in [-0.25, -0.2) is 5.01 Å². The number of thioether (sulfide) groups is 1. The predicted octanol–water partition coefficient (Wildman–Crippen LogP) is 5.54. The van der Waals surface area contributed by atoms with E-state index in [1.54, 1.807) is 43.5 Å². The SMILES string of the molecule is COc1ccc(NC(=O)C[C@@H]2SC(N3N=C(c4ccc(OC)cc4)C[C@H]3c3cccc(Cl)c3)=NC2=O)cc1. The Hall–Kier alpha value is -3.82. The minimum Gasteiger partial charge on any atom is -0.497 e. The Labute approximate surface area is 229 Å². The minimum absolute atomic E-state index is 0.00669. The lowest BCUT2D eigenvalue weighted by Gasteiger charge is -2.23. The van der Waals surface area contributed by atoms with Crippen LogP contribution in [0.25, 0.3) is 0 Å². The molecule has 3 aromatic carbocycles. The van der Waals surface area contributed by atoms with E-state index in [1.165, 1.54) is 11.8 Å². The zero-order chi connectivity index (χ0) is 26.6. The molecule has 0 saturated carbocycles. The van der Waals surface area contributed by atoms with Crippen molar-refractivity contribution in [2.24, 2.45) is 10.1 Å². The molecular weight excluding hydrogens is 524 g/mol. The zero-order valence-corrected chi connectivity index (χ0v) is 22.3. The number of ether oxygens (including phenoxy) is 2. The Kier molecular flexibility index (Phi) is 7.67. The number of benzene rings is 3. The van der Waals surface area contributed by atoms with Crippen molar-refractivity contribution in [2.75, 3.05) is 19.5 Å². The summed E-state index contributed by atoms with van der Waals surface area (Å²) < 4.78 is 10.4. The van der Waals surface area contributed by atoms with Gasteiger partial charge in [0.05, 0.1) is 26.0 Å². The molecule has 2 heterocycles. The molecule has 0 spiro atoms. The third kappa shape index (κ3) is 5.69. The molecule has 0 radical (unpaired) electrons. The van der Waals surface area contributed by atoms with Gasteiger partial charge in [0.25, 0.3) is 5.91 Å². The molecule has 5 rings (SSSR count). The van der Waals surface area contributed by atoms with E-state index in [2.05, 4.69) is 10.3 Å². The number of nitrogens with one attached hydrogen (secondary N) is 1. The Morgan fingerprint density at radius 3 is 2.39 bits per heavy atom. The van der Waals surface area contributed by atoms with Gasteiger partial charge < -0.3 is 14.8 Å². The summed E-state index contributed by atoms with van der Waals surface area (Å²) in [6.07, 6.45) is 0.594. The van der Waals surface area contributed by atoms with E-state index in [0.29, 0.717) is 28.0 Å².